The van der Waals surface area contributed by atoms with E-state index in [0.717, 1.165) is 4.47 Å². The highest BCUT2D eigenvalue weighted by molar-refractivity contribution is 9.10. The van der Waals surface area contributed by atoms with E-state index in [-0.39, 0.29) is 5.96 Å². The minimum atomic E-state index is -0.667. The maximum absolute atomic E-state index is 11.1. The largest absolute Gasteiger partial charge is 0.370 e. The Hall–Kier alpha value is -1.27. The molecule has 0 saturated carbocycles. The smallest absolute Gasteiger partial charge is 0.348 e. The summed E-state index contributed by atoms with van der Waals surface area (Å²) in [6, 6.07) is 4.34. The molecule has 1 rings (SSSR count). The van der Waals surface area contributed by atoms with Crippen LogP contribution in [0.4, 0.5) is 10.5 Å². The van der Waals surface area contributed by atoms with Gasteiger partial charge in [0.2, 0.25) is 0 Å². The summed E-state index contributed by atoms with van der Waals surface area (Å²) in [5.74, 6) is -0.305. The second-order valence-corrected chi connectivity index (χ2v) is 3.91. The zero-order chi connectivity index (χ0) is 11.4. The van der Waals surface area contributed by atoms with Crippen molar-refractivity contribution in [3.05, 3.63) is 27.7 Å². The third kappa shape index (κ3) is 3.77. The summed E-state index contributed by atoms with van der Waals surface area (Å²) in [5.41, 5.74) is 10.5. The van der Waals surface area contributed by atoms with Crippen molar-refractivity contribution in [3.8, 4) is 0 Å². The number of anilines is 1. The van der Waals surface area contributed by atoms with Gasteiger partial charge in [-0.05, 0) is 18.2 Å². The van der Waals surface area contributed by atoms with Crippen LogP contribution in [0.5, 0.6) is 0 Å². The number of urea groups is 1. The van der Waals surface area contributed by atoms with E-state index in [9.17, 15) is 4.79 Å². The summed E-state index contributed by atoms with van der Waals surface area (Å²) in [7, 11) is 0. The van der Waals surface area contributed by atoms with Gasteiger partial charge in [0.25, 0.3) is 0 Å². The molecular formula is C8H8BrClN4O. The van der Waals surface area contributed by atoms with Crippen LogP contribution in [-0.2, 0) is 0 Å². The van der Waals surface area contributed by atoms with Crippen LogP contribution in [0.15, 0.2) is 27.7 Å². The van der Waals surface area contributed by atoms with Gasteiger partial charge < -0.3 is 16.8 Å². The van der Waals surface area contributed by atoms with E-state index in [0.29, 0.717) is 10.7 Å². The van der Waals surface area contributed by atoms with E-state index in [4.69, 9.17) is 23.1 Å². The van der Waals surface area contributed by atoms with Crippen LogP contribution in [0.1, 0.15) is 0 Å². The number of nitrogens with one attached hydrogen (secondary N) is 1. The van der Waals surface area contributed by atoms with Gasteiger partial charge in [-0.2, -0.15) is 4.99 Å². The highest BCUT2D eigenvalue weighted by Gasteiger charge is 2.04. The maximum atomic E-state index is 11.1. The molecule has 1 aromatic carbocycles. The standard InChI is InChI=1S/C8H8BrClN4O/c9-4-1-2-6(5(10)3-4)13-8(15)14-7(11)12/h1-3H,(H5,11,12,13,14,15). The summed E-state index contributed by atoms with van der Waals surface area (Å²) >= 11 is 9.09. The van der Waals surface area contributed by atoms with E-state index in [1.54, 1.807) is 18.2 Å². The van der Waals surface area contributed by atoms with Gasteiger partial charge in [-0.1, -0.05) is 27.5 Å². The maximum Gasteiger partial charge on any atom is 0.348 e. The fourth-order valence-electron chi connectivity index (χ4n) is 0.851. The first-order valence-electron chi connectivity index (χ1n) is 3.84. The Bertz CT molecular complexity index is 417. The molecule has 2 amide bonds. The highest BCUT2D eigenvalue weighted by Crippen LogP contribution is 2.25. The predicted molar refractivity (Wildman–Crippen MR) is 64.0 cm³/mol. The van der Waals surface area contributed by atoms with Crippen LogP contribution >= 0.6 is 27.5 Å². The number of rotatable bonds is 1. The molecule has 0 spiro atoms. The van der Waals surface area contributed by atoms with E-state index < -0.39 is 6.03 Å². The van der Waals surface area contributed by atoms with Crippen molar-refractivity contribution in [2.45, 2.75) is 0 Å². The number of aliphatic imine (C=N–C) groups is 1. The van der Waals surface area contributed by atoms with Crippen molar-refractivity contribution in [1.82, 2.24) is 0 Å². The first-order chi connectivity index (χ1) is 6.99. The van der Waals surface area contributed by atoms with Gasteiger partial charge >= 0.3 is 6.03 Å². The molecule has 5 nitrogen and oxygen atoms in total. The molecule has 0 saturated heterocycles. The number of carbonyl (C=O) groups is 1. The van der Waals surface area contributed by atoms with E-state index in [1.807, 2.05) is 0 Å². The molecule has 0 aromatic heterocycles. The van der Waals surface area contributed by atoms with Crippen LogP contribution in [0.2, 0.25) is 5.02 Å². The van der Waals surface area contributed by atoms with Gasteiger partial charge in [-0.3, -0.25) is 0 Å². The Labute approximate surface area is 99.6 Å². The Balaban J connectivity index is 2.82. The Morgan fingerprint density at radius 3 is 2.67 bits per heavy atom. The fourth-order valence-corrected chi connectivity index (χ4v) is 1.57. The SMILES string of the molecule is NC(N)=NC(=O)Nc1ccc(Br)cc1Cl. The Kier molecular flexibility index (Phi) is 3.93. The summed E-state index contributed by atoms with van der Waals surface area (Å²) in [5, 5.41) is 2.82. The lowest BCUT2D eigenvalue weighted by Gasteiger charge is -2.04. The fraction of sp³-hybridized carbons (Fsp3) is 0. The topological polar surface area (TPSA) is 93.5 Å². The number of hydrogen-bond acceptors (Lipinski definition) is 1. The molecule has 0 atom stereocenters. The van der Waals surface area contributed by atoms with Crippen molar-refractivity contribution in [3.63, 3.8) is 0 Å². The highest BCUT2D eigenvalue weighted by atomic mass is 79.9. The van der Waals surface area contributed by atoms with Crippen LogP contribution in [0.3, 0.4) is 0 Å². The summed E-state index contributed by atoms with van der Waals surface area (Å²) < 4.78 is 0.812. The normalized spacial score (nSPS) is 9.47. The molecule has 5 N–H and O–H groups in total. The van der Waals surface area contributed by atoms with Crippen molar-refractivity contribution in [2.75, 3.05) is 5.32 Å². The van der Waals surface area contributed by atoms with Crippen molar-refractivity contribution in [2.24, 2.45) is 16.5 Å². The molecule has 0 fully saturated rings. The first kappa shape index (κ1) is 11.8. The molecule has 0 radical (unpaired) electrons. The van der Waals surface area contributed by atoms with Crippen molar-refractivity contribution in [1.29, 1.82) is 0 Å². The summed E-state index contributed by atoms with van der Waals surface area (Å²) in [4.78, 5) is 14.4. The lowest BCUT2D eigenvalue weighted by Crippen LogP contribution is -2.25. The molecule has 7 heteroatoms. The van der Waals surface area contributed by atoms with Gasteiger partial charge in [0.15, 0.2) is 5.96 Å². The van der Waals surface area contributed by atoms with Gasteiger partial charge in [-0.25, -0.2) is 4.79 Å². The molecule has 0 aliphatic rings. The van der Waals surface area contributed by atoms with Crippen LogP contribution < -0.4 is 16.8 Å². The zero-order valence-corrected chi connectivity index (χ0v) is 9.84. The molecule has 0 unspecified atom stereocenters. The Morgan fingerprint density at radius 2 is 2.13 bits per heavy atom. The number of amides is 2. The minimum Gasteiger partial charge on any atom is -0.370 e. The van der Waals surface area contributed by atoms with Gasteiger partial charge in [0, 0.05) is 4.47 Å². The van der Waals surface area contributed by atoms with E-state index in [1.165, 1.54) is 0 Å². The summed E-state index contributed by atoms with van der Waals surface area (Å²) in [6.07, 6.45) is 0. The molecular weight excluding hydrogens is 283 g/mol. The number of nitrogens with zero attached hydrogens (tertiary/aromatic N) is 1. The van der Waals surface area contributed by atoms with Crippen molar-refractivity contribution < 1.29 is 4.79 Å². The lowest BCUT2D eigenvalue weighted by molar-refractivity contribution is 0.259. The first-order valence-corrected chi connectivity index (χ1v) is 5.02. The number of hydrogen-bond donors (Lipinski definition) is 3. The van der Waals surface area contributed by atoms with Gasteiger partial charge in [0.1, 0.15) is 0 Å². The predicted octanol–water partition coefficient (Wildman–Crippen LogP) is 1.91. The average Bonchev–Trinajstić information content (AvgIpc) is 2.08. The van der Waals surface area contributed by atoms with Gasteiger partial charge in [-0.15, -0.1) is 0 Å². The van der Waals surface area contributed by atoms with Crippen molar-refractivity contribution >= 4 is 45.2 Å². The second kappa shape index (κ2) is 4.99. The van der Waals surface area contributed by atoms with Gasteiger partial charge in [0.05, 0.1) is 10.7 Å². The second-order valence-electron chi connectivity index (χ2n) is 2.59. The van der Waals surface area contributed by atoms with E-state index in [2.05, 4.69) is 26.2 Å². The minimum absolute atomic E-state index is 0.305. The number of benzene rings is 1. The quantitative estimate of drug-likeness (QED) is 0.545. The Morgan fingerprint density at radius 1 is 1.47 bits per heavy atom. The molecule has 0 bridgehead atoms. The molecule has 1 aromatic rings. The molecule has 0 heterocycles. The number of carbonyl (C=O) groups excluding carboxylic acids is 1. The molecule has 0 aliphatic heterocycles. The zero-order valence-electron chi connectivity index (χ0n) is 7.50. The number of halogens is 2. The molecule has 15 heavy (non-hydrogen) atoms. The molecule has 80 valence electrons. The number of guanidine groups is 1. The van der Waals surface area contributed by atoms with Crippen LogP contribution in [0, 0.1) is 0 Å². The third-order valence-corrected chi connectivity index (χ3v) is 2.21. The van der Waals surface area contributed by atoms with E-state index >= 15 is 0 Å². The lowest BCUT2D eigenvalue weighted by atomic mass is 10.3. The molecule has 0 aliphatic carbocycles. The monoisotopic (exact) mass is 290 g/mol. The number of nitrogens with two attached hydrogens (primary N) is 2. The third-order valence-electron chi connectivity index (χ3n) is 1.40. The average molecular weight is 292 g/mol. The van der Waals surface area contributed by atoms with Crippen LogP contribution in [0.25, 0.3) is 0 Å². The summed E-state index contributed by atoms with van der Waals surface area (Å²) in [6.45, 7) is 0. The van der Waals surface area contributed by atoms with Crippen LogP contribution in [-0.4, -0.2) is 12.0 Å².